The van der Waals surface area contributed by atoms with E-state index in [9.17, 15) is 9.59 Å². The second-order valence-corrected chi connectivity index (χ2v) is 12.3. The van der Waals surface area contributed by atoms with E-state index < -0.39 is 5.97 Å². The van der Waals surface area contributed by atoms with Gasteiger partial charge in [0.1, 0.15) is 16.7 Å². The molecule has 0 atom stereocenters. The number of benzene rings is 3. The van der Waals surface area contributed by atoms with Gasteiger partial charge in [0.15, 0.2) is 0 Å². The van der Waals surface area contributed by atoms with Gasteiger partial charge < -0.3 is 14.6 Å². The van der Waals surface area contributed by atoms with Gasteiger partial charge in [-0.1, -0.05) is 79.8 Å². The molecule has 7 nitrogen and oxygen atoms in total. The van der Waals surface area contributed by atoms with Crippen LogP contribution in [0.5, 0.6) is 5.75 Å². The van der Waals surface area contributed by atoms with Crippen molar-refractivity contribution < 1.29 is 24.2 Å². The predicted molar refractivity (Wildman–Crippen MR) is 176 cm³/mol. The maximum atomic E-state index is 13.5. The zero-order valence-corrected chi connectivity index (χ0v) is 25.9. The number of hydrogen-bond acceptors (Lipinski definition) is 7. The smallest absolute Gasteiger partial charge is 0.335 e. The number of ether oxygens (including phenoxy) is 2. The van der Waals surface area contributed by atoms with Crippen LogP contribution in [0.1, 0.15) is 40.4 Å². The Balaban J connectivity index is 1.34. The average Bonchev–Trinajstić information content (AvgIpc) is 3.29. The van der Waals surface area contributed by atoms with Crippen LogP contribution in [0.2, 0.25) is 0 Å². The number of morpholine rings is 1. The molecule has 0 aliphatic carbocycles. The highest BCUT2D eigenvalue weighted by molar-refractivity contribution is 8.26. The number of rotatable bonds is 12. The number of nitrogens with zero attached hydrogens (tertiary/aromatic N) is 2. The molecular formula is C34H36N2O5S2. The van der Waals surface area contributed by atoms with Gasteiger partial charge in [0.05, 0.1) is 23.7 Å². The third kappa shape index (κ3) is 8.12. The van der Waals surface area contributed by atoms with Crippen molar-refractivity contribution in [2.75, 3.05) is 46.0 Å². The summed E-state index contributed by atoms with van der Waals surface area (Å²) in [6.07, 6.45) is 4.62. The van der Waals surface area contributed by atoms with Crippen molar-refractivity contribution in [3.8, 4) is 16.9 Å². The first-order valence-electron chi connectivity index (χ1n) is 14.6. The Morgan fingerprint density at radius 1 is 0.977 bits per heavy atom. The molecule has 1 amide bonds. The first-order valence-corrected chi connectivity index (χ1v) is 15.9. The quantitative estimate of drug-likeness (QED) is 0.192. The normalized spacial score (nSPS) is 16.7. The number of thioether (sulfide) groups is 1. The van der Waals surface area contributed by atoms with Crippen LogP contribution in [0.25, 0.3) is 17.2 Å². The lowest BCUT2D eigenvalue weighted by Gasteiger charge is -2.26. The van der Waals surface area contributed by atoms with E-state index >= 15 is 0 Å². The van der Waals surface area contributed by atoms with Crippen molar-refractivity contribution in [3.05, 3.63) is 93.9 Å². The van der Waals surface area contributed by atoms with Gasteiger partial charge in [-0.05, 0) is 65.4 Å². The van der Waals surface area contributed by atoms with Crippen molar-refractivity contribution >= 4 is 46.3 Å². The average molecular weight is 617 g/mol. The summed E-state index contributed by atoms with van der Waals surface area (Å²) >= 11 is 6.89. The number of carbonyl (C=O) groups is 2. The Morgan fingerprint density at radius 3 is 2.35 bits per heavy atom. The minimum absolute atomic E-state index is 0.134. The summed E-state index contributed by atoms with van der Waals surface area (Å²) < 4.78 is 12.2. The van der Waals surface area contributed by atoms with Crippen LogP contribution in [-0.2, 0) is 22.4 Å². The highest BCUT2D eigenvalue weighted by Crippen LogP contribution is 2.36. The lowest BCUT2D eigenvalue weighted by Crippen LogP contribution is -2.38. The molecule has 5 rings (SSSR count). The minimum atomic E-state index is -0.962. The van der Waals surface area contributed by atoms with Gasteiger partial charge in [-0.3, -0.25) is 14.6 Å². The molecule has 0 spiro atoms. The molecule has 2 aliphatic rings. The molecule has 0 aromatic heterocycles. The Labute approximate surface area is 262 Å². The summed E-state index contributed by atoms with van der Waals surface area (Å²) in [7, 11) is 0. The molecule has 0 saturated carbocycles. The van der Waals surface area contributed by atoms with Crippen molar-refractivity contribution in [3.63, 3.8) is 0 Å². The van der Waals surface area contributed by atoms with Crippen LogP contribution in [0.15, 0.2) is 71.6 Å². The van der Waals surface area contributed by atoms with Crippen LogP contribution in [0.4, 0.5) is 0 Å². The summed E-state index contributed by atoms with van der Waals surface area (Å²) in [6.45, 7) is 7.22. The summed E-state index contributed by atoms with van der Waals surface area (Å²) in [4.78, 5) is 29.1. The SMILES string of the molecule is CCCc1ccc(-c2ccc(OCCN3CCOCC3)c(C=C3SC(=S)N(CCc4ccc(C(=O)O)cc4)C3=O)c2)cc1. The van der Waals surface area contributed by atoms with E-state index in [4.69, 9.17) is 26.8 Å². The molecule has 0 bridgehead atoms. The van der Waals surface area contributed by atoms with Gasteiger partial charge in [-0.15, -0.1) is 0 Å². The van der Waals surface area contributed by atoms with Crippen LogP contribution in [0.3, 0.4) is 0 Å². The largest absolute Gasteiger partial charge is 0.492 e. The Hall–Kier alpha value is -3.50. The van der Waals surface area contributed by atoms with Crippen molar-refractivity contribution in [1.82, 2.24) is 9.80 Å². The fourth-order valence-corrected chi connectivity index (χ4v) is 6.42. The van der Waals surface area contributed by atoms with Crippen molar-refractivity contribution in [1.29, 1.82) is 0 Å². The second-order valence-electron chi connectivity index (χ2n) is 10.6. The monoisotopic (exact) mass is 616 g/mol. The fourth-order valence-electron chi connectivity index (χ4n) is 5.12. The standard InChI is InChI=1S/C34H36N2O5S2/c1-2-3-24-4-8-26(9-5-24)28-12-13-30(41-21-18-35-16-19-40-20-17-35)29(22-28)23-31-32(37)36(34(42)43-31)15-14-25-6-10-27(11-7-25)33(38)39/h4-13,22-23H,2-3,14-21H2,1H3,(H,38,39). The minimum Gasteiger partial charge on any atom is -0.492 e. The number of aromatic carboxylic acids is 1. The highest BCUT2D eigenvalue weighted by Gasteiger charge is 2.32. The Bertz CT molecular complexity index is 1480. The molecule has 3 aromatic carbocycles. The maximum absolute atomic E-state index is 13.5. The first-order chi connectivity index (χ1) is 20.9. The molecule has 2 fully saturated rings. The molecular weight excluding hydrogens is 581 g/mol. The summed E-state index contributed by atoms with van der Waals surface area (Å²) in [5, 5.41) is 9.14. The lowest BCUT2D eigenvalue weighted by molar-refractivity contribution is -0.122. The number of aryl methyl sites for hydroxylation is 1. The van der Waals surface area contributed by atoms with E-state index in [0.717, 1.165) is 73.7 Å². The molecule has 224 valence electrons. The molecule has 2 aliphatic heterocycles. The van der Waals surface area contributed by atoms with E-state index in [1.54, 1.807) is 29.2 Å². The molecule has 3 aromatic rings. The zero-order valence-electron chi connectivity index (χ0n) is 24.3. The molecule has 2 heterocycles. The number of hydrogen-bond donors (Lipinski definition) is 1. The number of carboxylic acid groups (broad SMARTS) is 1. The third-order valence-electron chi connectivity index (χ3n) is 7.59. The molecule has 9 heteroatoms. The van der Waals surface area contributed by atoms with Gasteiger partial charge in [-0.2, -0.15) is 0 Å². The van der Waals surface area contributed by atoms with Crippen LogP contribution in [-0.4, -0.2) is 77.1 Å². The molecule has 0 radical (unpaired) electrons. The van der Waals surface area contributed by atoms with Gasteiger partial charge in [-0.25, -0.2) is 4.79 Å². The van der Waals surface area contributed by atoms with E-state index in [1.165, 1.54) is 17.3 Å². The van der Waals surface area contributed by atoms with E-state index in [-0.39, 0.29) is 11.5 Å². The number of thiocarbonyl (C=S) groups is 1. The summed E-state index contributed by atoms with van der Waals surface area (Å²) in [6, 6.07) is 21.5. The Morgan fingerprint density at radius 2 is 1.65 bits per heavy atom. The van der Waals surface area contributed by atoms with Crippen molar-refractivity contribution in [2.24, 2.45) is 0 Å². The predicted octanol–water partition coefficient (Wildman–Crippen LogP) is 6.16. The highest BCUT2D eigenvalue weighted by atomic mass is 32.2. The van der Waals surface area contributed by atoms with Gasteiger partial charge >= 0.3 is 5.97 Å². The van der Waals surface area contributed by atoms with Crippen LogP contribution >= 0.6 is 24.0 Å². The third-order valence-corrected chi connectivity index (χ3v) is 8.97. The first kappa shape index (κ1) is 30.9. The number of carboxylic acids is 1. The second kappa shape index (κ2) is 14.8. The Kier molecular flexibility index (Phi) is 10.6. The van der Waals surface area contributed by atoms with Crippen LogP contribution in [0, 0.1) is 0 Å². The summed E-state index contributed by atoms with van der Waals surface area (Å²) in [5.41, 5.74) is 5.49. The van der Waals surface area contributed by atoms with Gasteiger partial charge in [0.25, 0.3) is 5.91 Å². The van der Waals surface area contributed by atoms with Gasteiger partial charge in [0, 0.05) is 31.7 Å². The lowest BCUT2D eigenvalue weighted by atomic mass is 10.00. The van der Waals surface area contributed by atoms with E-state index in [1.807, 2.05) is 12.1 Å². The maximum Gasteiger partial charge on any atom is 0.335 e. The number of carbonyl (C=O) groups excluding carboxylic acids is 1. The molecule has 2 saturated heterocycles. The summed E-state index contributed by atoms with van der Waals surface area (Å²) in [5.74, 6) is -0.371. The number of amides is 1. The van der Waals surface area contributed by atoms with Crippen molar-refractivity contribution in [2.45, 2.75) is 26.2 Å². The fraction of sp³-hybridized carbons (Fsp3) is 0.324. The van der Waals surface area contributed by atoms with E-state index in [0.29, 0.717) is 28.8 Å². The molecule has 43 heavy (non-hydrogen) atoms. The zero-order chi connectivity index (χ0) is 30.2. The van der Waals surface area contributed by atoms with E-state index in [2.05, 4.69) is 48.2 Å². The van der Waals surface area contributed by atoms with Gasteiger partial charge in [0.2, 0.25) is 0 Å². The van der Waals surface area contributed by atoms with Crippen LogP contribution < -0.4 is 4.74 Å². The topological polar surface area (TPSA) is 79.3 Å². The molecule has 1 N–H and O–H groups in total. The molecule has 0 unspecified atom stereocenters.